The number of nitrogens with one attached hydrogen (secondary N) is 1. The van der Waals surface area contributed by atoms with Gasteiger partial charge in [-0.1, -0.05) is 23.7 Å². The SMILES string of the molecule is CC(Sc1ccc(Cl)cc1)C(=O)NCCc1ccc(S(N)(=O)=O)cc1. The van der Waals surface area contributed by atoms with Crippen LogP contribution < -0.4 is 10.5 Å². The molecule has 1 amide bonds. The highest BCUT2D eigenvalue weighted by atomic mass is 35.5. The summed E-state index contributed by atoms with van der Waals surface area (Å²) in [5.41, 5.74) is 0.922. The molecule has 0 saturated heterocycles. The van der Waals surface area contributed by atoms with Gasteiger partial charge in [0.15, 0.2) is 0 Å². The van der Waals surface area contributed by atoms with E-state index in [1.165, 1.54) is 23.9 Å². The molecule has 5 nitrogen and oxygen atoms in total. The van der Waals surface area contributed by atoms with Crippen molar-refractivity contribution >= 4 is 39.3 Å². The van der Waals surface area contributed by atoms with Crippen LogP contribution in [0.15, 0.2) is 58.3 Å². The van der Waals surface area contributed by atoms with E-state index in [1.54, 1.807) is 24.3 Å². The van der Waals surface area contributed by atoms with E-state index in [9.17, 15) is 13.2 Å². The molecule has 2 aromatic rings. The van der Waals surface area contributed by atoms with Crippen LogP contribution in [0.2, 0.25) is 5.02 Å². The number of benzene rings is 2. The Kier molecular flexibility index (Phi) is 6.89. The van der Waals surface area contributed by atoms with Crippen molar-refractivity contribution in [2.45, 2.75) is 28.4 Å². The van der Waals surface area contributed by atoms with E-state index in [0.717, 1.165) is 10.5 Å². The van der Waals surface area contributed by atoms with Crippen LogP contribution >= 0.6 is 23.4 Å². The third kappa shape index (κ3) is 6.36. The molecule has 0 spiro atoms. The van der Waals surface area contributed by atoms with Crippen molar-refractivity contribution in [3.8, 4) is 0 Å². The number of hydrogen-bond donors (Lipinski definition) is 2. The lowest BCUT2D eigenvalue weighted by atomic mass is 10.1. The van der Waals surface area contributed by atoms with Gasteiger partial charge in [0.2, 0.25) is 15.9 Å². The molecule has 2 aromatic carbocycles. The number of carbonyl (C=O) groups excluding carboxylic acids is 1. The minimum absolute atomic E-state index is 0.0545. The summed E-state index contributed by atoms with van der Waals surface area (Å²) < 4.78 is 22.4. The average Bonchev–Trinajstić information content (AvgIpc) is 2.56. The fourth-order valence-electron chi connectivity index (χ4n) is 2.09. The van der Waals surface area contributed by atoms with Crippen LogP contribution in [0.5, 0.6) is 0 Å². The van der Waals surface area contributed by atoms with Crippen molar-refractivity contribution in [3.05, 3.63) is 59.1 Å². The lowest BCUT2D eigenvalue weighted by Gasteiger charge is -2.12. The van der Waals surface area contributed by atoms with Crippen molar-refractivity contribution in [1.82, 2.24) is 5.32 Å². The Hall–Kier alpha value is -1.54. The monoisotopic (exact) mass is 398 g/mol. The minimum atomic E-state index is -3.68. The van der Waals surface area contributed by atoms with Crippen molar-refractivity contribution in [3.63, 3.8) is 0 Å². The predicted octanol–water partition coefficient (Wildman–Crippen LogP) is 2.83. The van der Waals surface area contributed by atoms with Gasteiger partial charge in [-0.15, -0.1) is 11.8 Å². The molecule has 0 radical (unpaired) electrons. The zero-order chi connectivity index (χ0) is 18.4. The van der Waals surface area contributed by atoms with Crippen molar-refractivity contribution in [1.29, 1.82) is 0 Å². The van der Waals surface area contributed by atoms with Crippen molar-refractivity contribution < 1.29 is 13.2 Å². The number of thioether (sulfide) groups is 1. The number of hydrogen-bond acceptors (Lipinski definition) is 4. The molecule has 0 bridgehead atoms. The Morgan fingerprint density at radius 1 is 1.16 bits per heavy atom. The van der Waals surface area contributed by atoms with Crippen LogP contribution in [0.25, 0.3) is 0 Å². The maximum atomic E-state index is 12.1. The van der Waals surface area contributed by atoms with E-state index in [0.29, 0.717) is 18.0 Å². The molecular weight excluding hydrogens is 380 g/mol. The first kappa shape index (κ1) is 19.8. The standard InChI is InChI=1S/C17H19ClN2O3S2/c1-12(24-15-6-4-14(18)5-7-15)17(21)20-11-10-13-2-8-16(9-3-13)25(19,22)23/h2-9,12H,10-11H2,1H3,(H,20,21)(H2,19,22,23). The Bertz CT molecular complexity index is 822. The third-order valence-electron chi connectivity index (χ3n) is 3.46. The average molecular weight is 399 g/mol. The van der Waals surface area contributed by atoms with Gasteiger partial charge in [0.05, 0.1) is 10.1 Å². The minimum Gasteiger partial charge on any atom is -0.355 e. The molecule has 0 aliphatic heterocycles. The summed E-state index contributed by atoms with van der Waals surface area (Å²) in [7, 11) is -3.68. The Balaban J connectivity index is 1.80. The number of halogens is 1. The Morgan fingerprint density at radius 3 is 2.32 bits per heavy atom. The van der Waals surface area contributed by atoms with Crippen LogP contribution in [-0.4, -0.2) is 26.1 Å². The highest BCUT2D eigenvalue weighted by Crippen LogP contribution is 2.24. The van der Waals surface area contributed by atoms with E-state index in [-0.39, 0.29) is 16.1 Å². The number of amides is 1. The summed E-state index contributed by atoms with van der Waals surface area (Å²) in [5.74, 6) is -0.0545. The summed E-state index contributed by atoms with van der Waals surface area (Å²) in [6, 6.07) is 13.7. The van der Waals surface area contributed by atoms with Gasteiger partial charge < -0.3 is 5.32 Å². The van der Waals surface area contributed by atoms with Gasteiger partial charge in [0.1, 0.15) is 0 Å². The maximum Gasteiger partial charge on any atom is 0.238 e. The zero-order valence-corrected chi connectivity index (χ0v) is 16.0. The maximum absolute atomic E-state index is 12.1. The van der Waals surface area contributed by atoms with Gasteiger partial charge in [-0.25, -0.2) is 13.6 Å². The number of carbonyl (C=O) groups is 1. The fourth-order valence-corrected chi connectivity index (χ4v) is 3.62. The summed E-state index contributed by atoms with van der Waals surface area (Å²) >= 11 is 7.30. The fraction of sp³-hybridized carbons (Fsp3) is 0.235. The second-order valence-corrected chi connectivity index (χ2v) is 8.86. The van der Waals surface area contributed by atoms with Gasteiger partial charge >= 0.3 is 0 Å². The van der Waals surface area contributed by atoms with Crippen LogP contribution in [0.3, 0.4) is 0 Å². The van der Waals surface area contributed by atoms with E-state index in [1.807, 2.05) is 19.1 Å². The van der Waals surface area contributed by atoms with Crippen LogP contribution in [0, 0.1) is 0 Å². The molecule has 2 rings (SSSR count). The summed E-state index contributed by atoms with van der Waals surface area (Å²) in [4.78, 5) is 13.2. The molecule has 3 N–H and O–H groups in total. The largest absolute Gasteiger partial charge is 0.355 e. The van der Waals surface area contributed by atoms with Crippen LogP contribution in [0.4, 0.5) is 0 Å². The van der Waals surface area contributed by atoms with Gasteiger partial charge in [-0.3, -0.25) is 4.79 Å². The van der Waals surface area contributed by atoms with Gasteiger partial charge in [-0.05, 0) is 55.3 Å². The molecule has 0 aromatic heterocycles. The summed E-state index contributed by atoms with van der Waals surface area (Å²) in [6.07, 6.45) is 0.606. The molecule has 134 valence electrons. The predicted molar refractivity (Wildman–Crippen MR) is 101 cm³/mol. The number of sulfonamides is 1. The highest BCUT2D eigenvalue weighted by molar-refractivity contribution is 8.00. The van der Waals surface area contributed by atoms with E-state index >= 15 is 0 Å². The highest BCUT2D eigenvalue weighted by Gasteiger charge is 2.14. The van der Waals surface area contributed by atoms with E-state index in [4.69, 9.17) is 16.7 Å². The summed E-state index contributed by atoms with van der Waals surface area (Å²) in [6.45, 7) is 2.31. The quantitative estimate of drug-likeness (QED) is 0.702. The second-order valence-electron chi connectivity index (χ2n) is 5.44. The molecule has 0 fully saturated rings. The molecule has 0 aliphatic rings. The molecule has 25 heavy (non-hydrogen) atoms. The van der Waals surface area contributed by atoms with E-state index in [2.05, 4.69) is 5.32 Å². The molecule has 0 aliphatic carbocycles. The molecular formula is C17H19ClN2O3S2. The lowest BCUT2D eigenvalue weighted by Crippen LogP contribution is -2.32. The Labute approximate surface area is 157 Å². The van der Waals surface area contributed by atoms with Crippen LogP contribution in [0.1, 0.15) is 12.5 Å². The third-order valence-corrected chi connectivity index (χ3v) is 5.75. The van der Waals surface area contributed by atoms with Gasteiger partial charge in [0, 0.05) is 16.5 Å². The Morgan fingerprint density at radius 2 is 1.76 bits per heavy atom. The summed E-state index contributed by atoms with van der Waals surface area (Å²) in [5, 5.41) is 8.37. The normalized spacial score (nSPS) is 12.6. The number of primary sulfonamides is 1. The van der Waals surface area contributed by atoms with Gasteiger partial charge in [0.25, 0.3) is 0 Å². The topological polar surface area (TPSA) is 89.3 Å². The van der Waals surface area contributed by atoms with Crippen LogP contribution in [-0.2, 0) is 21.2 Å². The lowest BCUT2D eigenvalue weighted by molar-refractivity contribution is -0.120. The van der Waals surface area contributed by atoms with Crippen molar-refractivity contribution in [2.24, 2.45) is 5.14 Å². The molecule has 1 atom stereocenters. The number of rotatable bonds is 7. The number of nitrogens with two attached hydrogens (primary N) is 1. The van der Waals surface area contributed by atoms with Gasteiger partial charge in [-0.2, -0.15) is 0 Å². The van der Waals surface area contributed by atoms with E-state index < -0.39 is 10.0 Å². The molecule has 8 heteroatoms. The first-order valence-corrected chi connectivity index (χ1v) is 10.4. The second kappa shape index (κ2) is 8.71. The van der Waals surface area contributed by atoms with Crippen molar-refractivity contribution in [2.75, 3.05) is 6.54 Å². The smallest absolute Gasteiger partial charge is 0.238 e. The molecule has 1 unspecified atom stereocenters. The first-order chi connectivity index (χ1) is 11.8. The molecule has 0 saturated carbocycles. The zero-order valence-electron chi connectivity index (χ0n) is 13.6. The first-order valence-electron chi connectivity index (χ1n) is 7.57. The molecule has 0 heterocycles.